The van der Waals surface area contributed by atoms with Crippen molar-refractivity contribution in [3.63, 3.8) is 0 Å². The Morgan fingerprint density at radius 3 is 2.22 bits per heavy atom. The van der Waals surface area contributed by atoms with E-state index in [0.29, 0.717) is 0 Å². The van der Waals surface area contributed by atoms with Crippen molar-refractivity contribution in [2.45, 2.75) is 25.9 Å². The Bertz CT molecular complexity index is 81.1. The second-order valence-corrected chi connectivity index (χ2v) is 5.10. The molecule has 0 radical (unpaired) electrons. The van der Waals surface area contributed by atoms with E-state index < -0.39 is 9.04 Å². The molecule has 0 bridgehead atoms. The van der Waals surface area contributed by atoms with E-state index in [9.17, 15) is 0 Å². The SMILES string of the molecule is C[SiH](C)ON1CCCC1. The van der Waals surface area contributed by atoms with Crippen molar-refractivity contribution in [1.82, 2.24) is 5.06 Å². The van der Waals surface area contributed by atoms with Crippen molar-refractivity contribution >= 4 is 9.04 Å². The number of rotatable bonds is 2. The highest BCUT2D eigenvalue weighted by molar-refractivity contribution is 6.48. The zero-order valence-electron chi connectivity index (χ0n) is 6.26. The summed E-state index contributed by atoms with van der Waals surface area (Å²) in [7, 11) is -0.798. The first kappa shape index (κ1) is 7.25. The van der Waals surface area contributed by atoms with Gasteiger partial charge in [0.15, 0.2) is 9.04 Å². The van der Waals surface area contributed by atoms with E-state index in [1.165, 1.54) is 12.8 Å². The summed E-state index contributed by atoms with van der Waals surface area (Å²) in [6.07, 6.45) is 2.64. The summed E-state index contributed by atoms with van der Waals surface area (Å²) in [6, 6.07) is 0. The third kappa shape index (κ3) is 2.47. The van der Waals surface area contributed by atoms with Crippen molar-refractivity contribution in [3.05, 3.63) is 0 Å². The summed E-state index contributed by atoms with van der Waals surface area (Å²) in [5.74, 6) is 0. The molecule has 0 aromatic rings. The average Bonchev–Trinajstić information content (AvgIpc) is 2.15. The first-order valence-electron chi connectivity index (χ1n) is 3.71. The normalized spacial score (nSPS) is 21.7. The van der Waals surface area contributed by atoms with Crippen LogP contribution in [0.15, 0.2) is 0 Å². The minimum absolute atomic E-state index is 0.798. The van der Waals surface area contributed by atoms with Crippen LogP contribution in [0.3, 0.4) is 0 Å². The molecule has 0 amide bonds. The van der Waals surface area contributed by atoms with Gasteiger partial charge in [0.05, 0.1) is 0 Å². The molecule has 0 aliphatic carbocycles. The minimum atomic E-state index is -0.798. The third-order valence-corrected chi connectivity index (χ3v) is 2.14. The van der Waals surface area contributed by atoms with Crippen LogP contribution in [0, 0.1) is 0 Å². The van der Waals surface area contributed by atoms with E-state index in [1.54, 1.807) is 0 Å². The van der Waals surface area contributed by atoms with Crippen LogP contribution in [0.1, 0.15) is 12.8 Å². The Labute approximate surface area is 58.5 Å². The average molecular weight is 145 g/mol. The maximum absolute atomic E-state index is 5.58. The van der Waals surface area contributed by atoms with E-state index in [1.807, 2.05) is 0 Å². The van der Waals surface area contributed by atoms with Crippen LogP contribution in [0.25, 0.3) is 0 Å². The van der Waals surface area contributed by atoms with Crippen molar-refractivity contribution in [2.75, 3.05) is 13.1 Å². The number of nitrogens with zero attached hydrogens (tertiary/aromatic N) is 1. The highest BCUT2D eigenvalue weighted by atomic mass is 28.3. The van der Waals surface area contributed by atoms with Gasteiger partial charge in [-0.3, -0.25) is 0 Å². The predicted octanol–water partition coefficient (Wildman–Crippen LogP) is 0.997. The smallest absolute Gasteiger partial charge is 0.199 e. The van der Waals surface area contributed by atoms with Gasteiger partial charge in [-0.15, -0.1) is 0 Å². The maximum Gasteiger partial charge on any atom is 0.199 e. The Morgan fingerprint density at radius 2 is 1.78 bits per heavy atom. The molecule has 3 heteroatoms. The Hall–Kier alpha value is 0.137. The van der Waals surface area contributed by atoms with E-state index in [0.717, 1.165) is 13.1 Å². The highest BCUT2D eigenvalue weighted by Gasteiger charge is 2.12. The van der Waals surface area contributed by atoms with Gasteiger partial charge in [0, 0.05) is 13.1 Å². The van der Waals surface area contributed by atoms with Gasteiger partial charge in [0.1, 0.15) is 0 Å². The summed E-state index contributed by atoms with van der Waals surface area (Å²) < 4.78 is 5.58. The largest absolute Gasteiger partial charge is 0.347 e. The standard InChI is InChI=1S/C6H15NOSi/c1-9(2)8-7-5-3-4-6-7/h9H,3-6H2,1-2H3. The minimum Gasteiger partial charge on any atom is -0.347 e. The zero-order valence-corrected chi connectivity index (χ0v) is 7.42. The highest BCUT2D eigenvalue weighted by Crippen LogP contribution is 2.07. The molecular formula is C6H15NOSi. The van der Waals surface area contributed by atoms with Gasteiger partial charge in [0.2, 0.25) is 0 Å². The van der Waals surface area contributed by atoms with Crippen molar-refractivity contribution in [3.8, 4) is 0 Å². The Balaban J connectivity index is 2.11. The zero-order chi connectivity index (χ0) is 6.69. The lowest BCUT2D eigenvalue weighted by molar-refractivity contribution is -0.0375. The fraction of sp³-hybridized carbons (Fsp3) is 1.00. The molecule has 1 aliphatic heterocycles. The fourth-order valence-electron chi connectivity index (χ4n) is 1.09. The van der Waals surface area contributed by atoms with E-state index in [2.05, 4.69) is 18.2 Å². The van der Waals surface area contributed by atoms with Crippen molar-refractivity contribution < 1.29 is 4.53 Å². The van der Waals surface area contributed by atoms with Gasteiger partial charge in [-0.1, -0.05) is 0 Å². The fourth-order valence-corrected chi connectivity index (χ4v) is 1.90. The maximum atomic E-state index is 5.58. The monoisotopic (exact) mass is 145 g/mol. The summed E-state index contributed by atoms with van der Waals surface area (Å²) in [6.45, 7) is 6.73. The molecule has 54 valence electrons. The van der Waals surface area contributed by atoms with Gasteiger partial charge in [0.25, 0.3) is 0 Å². The molecule has 0 atom stereocenters. The second kappa shape index (κ2) is 3.34. The van der Waals surface area contributed by atoms with Crippen LogP contribution in [0.2, 0.25) is 13.1 Å². The van der Waals surface area contributed by atoms with Crippen LogP contribution in [0.5, 0.6) is 0 Å². The van der Waals surface area contributed by atoms with Gasteiger partial charge < -0.3 is 4.53 Å². The van der Waals surface area contributed by atoms with Crippen LogP contribution in [-0.2, 0) is 4.53 Å². The molecule has 1 saturated heterocycles. The molecule has 9 heavy (non-hydrogen) atoms. The van der Waals surface area contributed by atoms with Crippen LogP contribution in [-0.4, -0.2) is 27.2 Å². The summed E-state index contributed by atoms with van der Waals surface area (Å²) in [4.78, 5) is 0. The summed E-state index contributed by atoms with van der Waals surface area (Å²) >= 11 is 0. The molecule has 0 aromatic carbocycles. The van der Waals surface area contributed by atoms with Gasteiger partial charge >= 0.3 is 0 Å². The quantitative estimate of drug-likeness (QED) is 0.537. The molecule has 2 nitrogen and oxygen atoms in total. The first-order chi connectivity index (χ1) is 4.29. The second-order valence-electron chi connectivity index (χ2n) is 2.79. The molecule has 0 aromatic heterocycles. The molecule has 1 aliphatic rings. The van der Waals surface area contributed by atoms with E-state index in [-0.39, 0.29) is 0 Å². The molecule has 1 fully saturated rings. The summed E-state index contributed by atoms with van der Waals surface area (Å²) in [5.41, 5.74) is 0. The topological polar surface area (TPSA) is 12.5 Å². The van der Waals surface area contributed by atoms with Crippen LogP contribution < -0.4 is 0 Å². The van der Waals surface area contributed by atoms with E-state index >= 15 is 0 Å². The number of hydroxylamine groups is 2. The first-order valence-corrected chi connectivity index (χ1v) is 6.49. The molecule has 0 unspecified atom stereocenters. The Kier molecular flexibility index (Phi) is 2.69. The molecule has 0 spiro atoms. The van der Waals surface area contributed by atoms with Crippen LogP contribution >= 0.6 is 0 Å². The van der Waals surface area contributed by atoms with Crippen LogP contribution in [0.4, 0.5) is 0 Å². The predicted molar refractivity (Wildman–Crippen MR) is 40.8 cm³/mol. The number of hydrogen-bond acceptors (Lipinski definition) is 2. The molecular weight excluding hydrogens is 130 g/mol. The molecule has 0 saturated carbocycles. The van der Waals surface area contributed by atoms with Gasteiger partial charge in [-0.05, 0) is 25.9 Å². The lowest BCUT2D eigenvalue weighted by Gasteiger charge is -2.17. The molecule has 1 heterocycles. The van der Waals surface area contributed by atoms with E-state index in [4.69, 9.17) is 4.53 Å². The van der Waals surface area contributed by atoms with Crippen molar-refractivity contribution in [2.24, 2.45) is 0 Å². The number of hydrogen-bond donors (Lipinski definition) is 0. The summed E-state index contributed by atoms with van der Waals surface area (Å²) in [5, 5.41) is 2.12. The lowest BCUT2D eigenvalue weighted by atomic mass is 10.4. The van der Waals surface area contributed by atoms with Crippen molar-refractivity contribution in [1.29, 1.82) is 0 Å². The molecule has 1 rings (SSSR count). The third-order valence-electron chi connectivity index (χ3n) is 1.42. The lowest BCUT2D eigenvalue weighted by Crippen LogP contribution is -2.26. The van der Waals surface area contributed by atoms with Gasteiger partial charge in [-0.25, -0.2) is 5.06 Å². The van der Waals surface area contributed by atoms with Gasteiger partial charge in [-0.2, -0.15) is 0 Å². The Morgan fingerprint density at radius 1 is 1.22 bits per heavy atom. The molecule has 0 N–H and O–H groups in total.